The Balaban J connectivity index is 1.68. The third-order valence-corrected chi connectivity index (χ3v) is 5.28. The summed E-state index contributed by atoms with van der Waals surface area (Å²) in [4.78, 5) is 6.96. The lowest BCUT2D eigenvalue weighted by atomic mass is 10.0. The smallest absolute Gasteiger partial charge is 0.157 e. The average molecular weight is 358 g/mol. The summed E-state index contributed by atoms with van der Waals surface area (Å²) in [6, 6.07) is 10.1. The molecule has 2 aromatic heterocycles. The quantitative estimate of drug-likeness (QED) is 0.766. The summed E-state index contributed by atoms with van der Waals surface area (Å²) < 4.78 is 0. The largest absolute Gasteiger partial charge is 0.364 e. The van der Waals surface area contributed by atoms with Crippen molar-refractivity contribution in [2.75, 3.05) is 23.3 Å². The van der Waals surface area contributed by atoms with Crippen molar-refractivity contribution in [2.45, 2.75) is 33.2 Å². The van der Waals surface area contributed by atoms with Crippen LogP contribution in [0.25, 0.3) is 10.8 Å². The van der Waals surface area contributed by atoms with Gasteiger partial charge in [-0.05, 0) is 49.9 Å². The fourth-order valence-corrected chi connectivity index (χ4v) is 3.59. The van der Waals surface area contributed by atoms with Gasteiger partial charge in [-0.3, -0.25) is 0 Å². The van der Waals surface area contributed by atoms with Crippen LogP contribution in [0.5, 0.6) is 0 Å². The summed E-state index contributed by atoms with van der Waals surface area (Å²) in [6.07, 6.45) is 4.33. The van der Waals surface area contributed by atoms with Crippen LogP contribution in [0.2, 0.25) is 0 Å². The summed E-state index contributed by atoms with van der Waals surface area (Å²) in [5, 5.41) is 23.4. The highest BCUT2D eigenvalue weighted by Gasteiger charge is 2.16. The number of hydrogen-bond donors (Lipinski definition) is 1. The van der Waals surface area contributed by atoms with Crippen molar-refractivity contribution in [3.05, 3.63) is 52.8 Å². The van der Waals surface area contributed by atoms with Crippen molar-refractivity contribution >= 4 is 22.4 Å². The molecule has 0 radical (unpaired) electrons. The monoisotopic (exact) mass is 358 g/mol. The summed E-state index contributed by atoms with van der Waals surface area (Å²) in [5.41, 5.74) is 3.66. The van der Waals surface area contributed by atoms with Gasteiger partial charge in [-0.15, -0.1) is 5.10 Å². The van der Waals surface area contributed by atoms with E-state index in [1.807, 2.05) is 38.2 Å². The van der Waals surface area contributed by atoms with E-state index >= 15 is 0 Å². The minimum absolute atomic E-state index is 0.593. The molecule has 136 valence electrons. The maximum absolute atomic E-state index is 9.23. The van der Waals surface area contributed by atoms with Crippen LogP contribution < -0.4 is 10.2 Å². The number of aromatic nitrogens is 3. The Hall–Kier alpha value is -3.20. The molecule has 0 aliphatic carbocycles. The zero-order chi connectivity index (χ0) is 18.8. The van der Waals surface area contributed by atoms with Crippen LogP contribution in [0, 0.1) is 25.2 Å². The Bertz CT molecular complexity index is 1030. The van der Waals surface area contributed by atoms with Crippen molar-refractivity contribution in [1.29, 1.82) is 5.26 Å². The predicted molar refractivity (Wildman–Crippen MR) is 107 cm³/mol. The molecule has 6 heteroatoms. The molecule has 4 rings (SSSR count). The lowest BCUT2D eigenvalue weighted by Crippen LogP contribution is -2.19. The summed E-state index contributed by atoms with van der Waals surface area (Å²) in [5.74, 6) is 1.75. The summed E-state index contributed by atoms with van der Waals surface area (Å²) in [7, 11) is 0. The van der Waals surface area contributed by atoms with Crippen molar-refractivity contribution in [2.24, 2.45) is 0 Å². The molecule has 27 heavy (non-hydrogen) atoms. The highest BCUT2D eigenvalue weighted by molar-refractivity contribution is 5.94. The first-order valence-electron chi connectivity index (χ1n) is 9.28. The number of pyridine rings is 1. The van der Waals surface area contributed by atoms with Crippen molar-refractivity contribution < 1.29 is 0 Å². The molecule has 3 aromatic rings. The minimum atomic E-state index is 0.593. The van der Waals surface area contributed by atoms with E-state index in [-0.39, 0.29) is 0 Å². The summed E-state index contributed by atoms with van der Waals surface area (Å²) >= 11 is 0. The first-order chi connectivity index (χ1) is 13.2. The maximum Gasteiger partial charge on any atom is 0.157 e. The second-order valence-electron chi connectivity index (χ2n) is 6.97. The van der Waals surface area contributed by atoms with E-state index in [0.29, 0.717) is 12.1 Å². The highest BCUT2D eigenvalue weighted by Crippen LogP contribution is 2.28. The molecule has 0 spiro atoms. The Labute approximate surface area is 158 Å². The van der Waals surface area contributed by atoms with E-state index in [2.05, 4.69) is 37.5 Å². The zero-order valence-electron chi connectivity index (χ0n) is 15.7. The van der Waals surface area contributed by atoms with Crippen LogP contribution in [0.1, 0.15) is 35.2 Å². The lowest BCUT2D eigenvalue weighted by Gasteiger charge is -2.18. The minimum Gasteiger partial charge on any atom is -0.364 e. The maximum atomic E-state index is 9.23. The van der Waals surface area contributed by atoms with Crippen molar-refractivity contribution in [1.82, 2.24) is 15.2 Å². The highest BCUT2D eigenvalue weighted by atomic mass is 15.2. The molecule has 3 heterocycles. The number of fused-ring (bicyclic) bond motifs is 1. The van der Waals surface area contributed by atoms with Crippen LogP contribution in [0.3, 0.4) is 0 Å². The Kier molecular flexibility index (Phi) is 4.59. The molecule has 0 unspecified atom stereocenters. The number of aryl methyl sites for hydroxylation is 1. The van der Waals surface area contributed by atoms with E-state index in [4.69, 9.17) is 0 Å². The number of hydrogen-bond acceptors (Lipinski definition) is 6. The molecule has 1 saturated heterocycles. The Morgan fingerprint density at radius 1 is 1.15 bits per heavy atom. The number of anilines is 2. The predicted octanol–water partition coefficient (Wildman–Crippen LogP) is 3.73. The van der Waals surface area contributed by atoms with Crippen LogP contribution in [-0.2, 0) is 6.54 Å². The number of rotatable bonds is 4. The van der Waals surface area contributed by atoms with Crippen LogP contribution in [-0.4, -0.2) is 28.3 Å². The Morgan fingerprint density at radius 2 is 1.96 bits per heavy atom. The molecule has 1 fully saturated rings. The van der Waals surface area contributed by atoms with Gasteiger partial charge in [0.25, 0.3) is 0 Å². The van der Waals surface area contributed by atoms with Crippen molar-refractivity contribution in [3.63, 3.8) is 0 Å². The third-order valence-electron chi connectivity index (χ3n) is 5.28. The lowest BCUT2D eigenvalue weighted by molar-refractivity contribution is 0.936. The molecule has 1 aliphatic rings. The average Bonchev–Trinajstić information content (AvgIpc) is 3.23. The standard InChI is InChI=1S/C21H22N6/c1-14-16(11-22)6-5-7-17(14)12-24-21-18-10-20(27-8-3-4-9-27)23-13-19(18)15(2)25-26-21/h5-7,10,13H,3-4,8-9,12H2,1-2H3,(H,24,26). The molecule has 0 atom stereocenters. The number of nitriles is 1. The van der Waals surface area contributed by atoms with Gasteiger partial charge < -0.3 is 10.2 Å². The van der Waals surface area contributed by atoms with Gasteiger partial charge in [0, 0.05) is 36.6 Å². The molecule has 0 saturated carbocycles. The SMILES string of the molecule is Cc1c(C#N)cccc1CNc1nnc(C)c2cnc(N3CCCC3)cc12. The summed E-state index contributed by atoms with van der Waals surface area (Å²) in [6.45, 7) is 6.63. The first kappa shape index (κ1) is 17.2. The number of benzene rings is 1. The molecular weight excluding hydrogens is 336 g/mol. The number of nitrogens with zero attached hydrogens (tertiary/aromatic N) is 5. The molecule has 1 aromatic carbocycles. The third kappa shape index (κ3) is 3.28. The fraction of sp³-hybridized carbons (Fsp3) is 0.333. The second-order valence-corrected chi connectivity index (χ2v) is 6.97. The van der Waals surface area contributed by atoms with E-state index in [1.54, 1.807) is 0 Å². The van der Waals surface area contributed by atoms with Gasteiger partial charge in [0.15, 0.2) is 5.82 Å². The van der Waals surface area contributed by atoms with Gasteiger partial charge >= 0.3 is 0 Å². The van der Waals surface area contributed by atoms with Crippen LogP contribution in [0.15, 0.2) is 30.5 Å². The van der Waals surface area contributed by atoms with Gasteiger partial charge in [-0.25, -0.2) is 4.98 Å². The van der Waals surface area contributed by atoms with Crippen molar-refractivity contribution in [3.8, 4) is 6.07 Å². The first-order valence-corrected chi connectivity index (χ1v) is 9.28. The molecule has 6 nitrogen and oxygen atoms in total. The zero-order valence-corrected chi connectivity index (χ0v) is 15.7. The van der Waals surface area contributed by atoms with Gasteiger partial charge in [0.1, 0.15) is 5.82 Å². The van der Waals surface area contributed by atoms with E-state index in [1.165, 1.54) is 12.8 Å². The second kappa shape index (κ2) is 7.20. The van der Waals surface area contributed by atoms with Crippen LogP contribution in [0.4, 0.5) is 11.6 Å². The fourth-order valence-electron chi connectivity index (χ4n) is 3.59. The van der Waals surface area contributed by atoms with Gasteiger partial charge in [0.05, 0.1) is 17.3 Å². The Morgan fingerprint density at radius 3 is 2.74 bits per heavy atom. The van der Waals surface area contributed by atoms with E-state index in [9.17, 15) is 5.26 Å². The van der Waals surface area contributed by atoms with Gasteiger partial charge in [-0.1, -0.05) is 12.1 Å². The molecule has 0 bridgehead atoms. The molecular formula is C21H22N6. The van der Waals surface area contributed by atoms with Gasteiger partial charge in [0.2, 0.25) is 0 Å². The normalized spacial score (nSPS) is 13.7. The number of nitrogens with one attached hydrogen (secondary N) is 1. The van der Waals surface area contributed by atoms with Crippen LogP contribution >= 0.6 is 0 Å². The molecule has 1 N–H and O–H groups in total. The topological polar surface area (TPSA) is 77.7 Å². The molecule has 1 aliphatic heterocycles. The molecule has 0 amide bonds. The van der Waals surface area contributed by atoms with Gasteiger partial charge in [-0.2, -0.15) is 10.4 Å². The van der Waals surface area contributed by atoms with E-state index < -0.39 is 0 Å². The van der Waals surface area contributed by atoms with E-state index in [0.717, 1.165) is 52.3 Å².